The molecule has 7 heteroatoms. The minimum absolute atomic E-state index is 0.531. The average Bonchev–Trinajstić information content (AvgIpc) is 3.28. The van der Waals surface area contributed by atoms with E-state index in [1.165, 1.54) is 0 Å². The van der Waals surface area contributed by atoms with Crippen LogP contribution in [-0.2, 0) is 6.54 Å². The van der Waals surface area contributed by atoms with E-state index in [9.17, 15) is 0 Å². The SMILES string of the molecule is COc1ccc(-c2nnc3c4cc5c(cc4n(Cc4ccc(Cl)cc4)cc2-3)OCCO5)cc1. The van der Waals surface area contributed by atoms with Crippen LogP contribution in [0.4, 0.5) is 0 Å². The number of pyridine rings is 1. The molecule has 0 atom stereocenters. The molecule has 0 aromatic heterocycles. The van der Waals surface area contributed by atoms with E-state index in [-0.39, 0.29) is 0 Å². The van der Waals surface area contributed by atoms with E-state index < -0.39 is 0 Å². The molecule has 0 aliphatic carbocycles. The van der Waals surface area contributed by atoms with E-state index in [2.05, 4.69) is 21.0 Å². The number of hydrogen-bond acceptors (Lipinski definition) is 5. The molecular formula is C26H20ClN3O3. The molecule has 0 radical (unpaired) electrons. The van der Waals surface area contributed by atoms with E-state index in [1.807, 2.05) is 60.7 Å². The Kier molecular flexibility index (Phi) is 4.80. The molecule has 3 aliphatic rings. The van der Waals surface area contributed by atoms with Gasteiger partial charge >= 0.3 is 0 Å². The second kappa shape index (κ2) is 7.98. The number of methoxy groups -OCH3 is 1. The van der Waals surface area contributed by atoms with E-state index >= 15 is 0 Å². The fourth-order valence-corrected chi connectivity index (χ4v) is 4.38. The first kappa shape index (κ1) is 19.9. The molecule has 0 unspecified atom stereocenters. The summed E-state index contributed by atoms with van der Waals surface area (Å²) >= 11 is 6.10. The zero-order valence-electron chi connectivity index (χ0n) is 17.9. The summed E-state index contributed by atoms with van der Waals surface area (Å²) in [4.78, 5) is 0. The molecule has 0 amide bonds. The average molecular weight is 458 g/mol. The molecule has 3 heterocycles. The van der Waals surface area contributed by atoms with Crippen molar-refractivity contribution in [2.45, 2.75) is 6.54 Å². The van der Waals surface area contributed by atoms with Crippen molar-refractivity contribution in [1.29, 1.82) is 0 Å². The third-order valence-corrected chi connectivity index (χ3v) is 6.15. The van der Waals surface area contributed by atoms with Gasteiger partial charge in [-0.3, -0.25) is 0 Å². The maximum Gasteiger partial charge on any atom is 0.163 e. The lowest BCUT2D eigenvalue weighted by molar-refractivity contribution is 0.172. The number of ether oxygens (including phenoxy) is 3. The maximum absolute atomic E-state index is 6.10. The van der Waals surface area contributed by atoms with Gasteiger partial charge in [-0.1, -0.05) is 23.7 Å². The Bertz CT molecular complexity index is 1430. The monoisotopic (exact) mass is 457 g/mol. The summed E-state index contributed by atoms with van der Waals surface area (Å²) in [5.41, 5.74) is 5.75. The molecule has 3 aromatic rings. The molecule has 6 nitrogen and oxygen atoms in total. The number of halogens is 1. The zero-order chi connectivity index (χ0) is 22.4. The first-order chi connectivity index (χ1) is 16.2. The zero-order valence-corrected chi connectivity index (χ0v) is 18.7. The number of fused-ring (bicyclic) bond motifs is 4. The highest BCUT2D eigenvalue weighted by Crippen LogP contribution is 2.42. The molecule has 0 saturated carbocycles. The van der Waals surface area contributed by atoms with Crippen molar-refractivity contribution in [1.82, 2.24) is 14.8 Å². The molecule has 3 aliphatic heterocycles. The smallest absolute Gasteiger partial charge is 0.163 e. The molecule has 164 valence electrons. The highest BCUT2D eigenvalue weighted by Gasteiger charge is 2.23. The van der Waals surface area contributed by atoms with Crippen LogP contribution in [0.1, 0.15) is 5.56 Å². The van der Waals surface area contributed by atoms with E-state index in [0.29, 0.717) is 19.8 Å². The minimum Gasteiger partial charge on any atom is -0.497 e. The van der Waals surface area contributed by atoms with E-state index in [4.69, 9.17) is 25.8 Å². The van der Waals surface area contributed by atoms with Gasteiger partial charge in [0, 0.05) is 40.3 Å². The van der Waals surface area contributed by atoms with Gasteiger partial charge in [0.1, 0.15) is 30.4 Å². The molecule has 0 saturated heterocycles. The van der Waals surface area contributed by atoms with Crippen LogP contribution in [0.25, 0.3) is 33.4 Å². The molecule has 3 aromatic carbocycles. The predicted molar refractivity (Wildman–Crippen MR) is 128 cm³/mol. The standard InChI is InChI=1S/C26H20ClN3O3/c1-31-19-8-4-17(5-9-19)25-21-15-30(14-16-2-6-18(27)7-3-16)22-13-24-23(32-10-11-33-24)12-20(22)26(21)29-28-25/h2-9,12-13,15H,10-11,14H2,1H3. The summed E-state index contributed by atoms with van der Waals surface area (Å²) in [6, 6.07) is 19.8. The molecule has 0 bridgehead atoms. The summed E-state index contributed by atoms with van der Waals surface area (Å²) < 4.78 is 19.2. The number of rotatable bonds is 4. The molecule has 0 fully saturated rings. The Labute approximate surface area is 195 Å². The Morgan fingerprint density at radius 3 is 2.33 bits per heavy atom. The van der Waals surface area contributed by atoms with Crippen molar-refractivity contribution in [3.05, 3.63) is 77.4 Å². The normalized spacial score (nSPS) is 12.9. The topological polar surface area (TPSA) is 58.4 Å². The van der Waals surface area contributed by atoms with Crippen molar-refractivity contribution >= 4 is 22.5 Å². The minimum atomic E-state index is 0.531. The summed E-state index contributed by atoms with van der Waals surface area (Å²) in [7, 11) is 1.66. The lowest BCUT2D eigenvalue weighted by Gasteiger charge is -2.21. The maximum atomic E-state index is 6.10. The van der Waals surface area contributed by atoms with Gasteiger partial charge < -0.3 is 18.8 Å². The van der Waals surface area contributed by atoms with E-state index in [1.54, 1.807) is 7.11 Å². The fraction of sp³-hybridized carbons (Fsp3) is 0.154. The van der Waals surface area contributed by atoms with Gasteiger partial charge in [-0.15, -0.1) is 10.2 Å². The Morgan fingerprint density at radius 1 is 0.909 bits per heavy atom. The van der Waals surface area contributed by atoms with Crippen LogP contribution in [0.15, 0.2) is 66.9 Å². The number of aromatic nitrogens is 3. The summed E-state index contributed by atoms with van der Waals surface area (Å²) in [5.74, 6) is 2.27. The highest BCUT2D eigenvalue weighted by atomic mass is 35.5. The quantitative estimate of drug-likeness (QED) is 0.347. The molecule has 0 N–H and O–H groups in total. The van der Waals surface area contributed by atoms with Crippen LogP contribution >= 0.6 is 11.6 Å². The van der Waals surface area contributed by atoms with Crippen molar-refractivity contribution in [2.24, 2.45) is 0 Å². The van der Waals surface area contributed by atoms with Crippen molar-refractivity contribution < 1.29 is 14.2 Å². The first-order valence-electron chi connectivity index (χ1n) is 10.7. The van der Waals surface area contributed by atoms with Gasteiger partial charge in [0.25, 0.3) is 0 Å². The number of benzene rings is 3. The fourth-order valence-electron chi connectivity index (χ4n) is 4.25. The van der Waals surface area contributed by atoms with Crippen molar-refractivity contribution in [2.75, 3.05) is 20.3 Å². The lowest BCUT2D eigenvalue weighted by atomic mass is 10.0. The third kappa shape index (κ3) is 3.52. The Morgan fingerprint density at radius 2 is 1.61 bits per heavy atom. The number of hydrogen-bond donors (Lipinski definition) is 0. The summed E-state index contributed by atoms with van der Waals surface area (Å²) in [5, 5.41) is 10.8. The van der Waals surface area contributed by atoms with Gasteiger partial charge in [-0.2, -0.15) is 0 Å². The van der Waals surface area contributed by atoms with Gasteiger partial charge in [0.15, 0.2) is 11.5 Å². The number of nitrogens with zero attached hydrogens (tertiary/aromatic N) is 3. The Balaban J connectivity index is 1.56. The molecule has 6 rings (SSSR count). The van der Waals surface area contributed by atoms with Gasteiger partial charge in [0.2, 0.25) is 0 Å². The van der Waals surface area contributed by atoms with Crippen LogP contribution in [0.2, 0.25) is 5.02 Å². The van der Waals surface area contributed by atoms with Crippen molar-refractivity contribution in [3.8, 4) is 39.8 Å². The van der Waals surface area contributed by atoms with Gasteiger partial charge in [-0.05, 0) is 48.0 Å². The summed E-state index contributed by atoms with van der Waals surface area (Å²) in [6.45, 7) is 1.73. The summed E-state index contributed by atoms with van der Waals surface area (Å²) in [6.07, 6.45) is 2.11. The molecule has 0 spiro atoms. The van der Waals surface area contributed by atoms with E-state index in [0.717, 1.165) is 61.3 Å². The second-order valence-corrected chi connectivity index (χ2v) is 8.37. The first-order valence-corrected chi connectivity index (χ1v) is 11.0. The van der Waals surface area contributed by atoms with Gasteiger partial charge in [-0.25, -0.2) is 0 Å². The lowest BCUT2D eigenvalue weighted by Crippen LogP contribution is -2.15. The Hall–Kier alpha value is -3.77. The molecule has 33 heavy (non-hydrogen) atoms. The van der Waals surface area contributed by atoms with Gasteiger partial charge in [0.05, 0.1) is 12.6 Å². The van der Waals surface area contributed by atoms with Crippen LogP contribution < -0.4 is 14.2 Å². The van der Waals surface area contributed by atoms with Crippen molar-refractivity contribution in [3.63, 3.8) is 0 Å². The highest BCUT2D eigenvalue weighted by molar-refractivity contribution is 6.30. The molecular weight excluding hydrogens is 438 g/mol. The van der Waals surface area contributed by atoms with Crippen LogP contribution in [0.5, 0.6) is 17.2 Å². The third-order valence-electron chi connectivity index (χ3n) is 5.90. The second-order valence-electron chi connectivity index (χ2n) is 7.94. The largest absolute Gasteiger partial charge is 0.497 e. The van der Waals surface area contributed by atoms with Crippen LogP contribution in [0, 0.1) is 0 Å². The predicted octanol–water partition coefficient (Wildman–Crippen LogP) is 5.68. The van der Waals surface area contributed by atoms with Crippen LogP contribution in [0.3, 0.4) is 0 Å². The van der Waals surface area contributed by atoms with Crippen LogP contribution in [-0.4, -0.2) is 35.1 Å².